The van der Waals surface area contributed by atoms with Crippen molar-refractivity contribution < 1.29 is 4.79 Å². The molecule has 2 heterocycles. The topological polar surface area (TPSA) is 44.7 Å². The fourth-order valence-electron chi connectivity index (χ4n) is 2.19. The minimum absolute atomic E-state index is 0.177. The van der Waals surface area contributed by atoms with Crippen molar-refractivity contribution in [1.82, 2.24) is 10.2 Å². The number of hydrogen-bond donors (Lipinski definition) is 1. The van der Waals surface area contributed by atoms with Gasteiger partial charge in [0.25, 0.3) is 0 Å². The summed E-state index contributed by atoms with van der Waals surface area (Å²) in [5, 5.41) is 4.35. The van der Waals surface area contributed by atoms with Crippen LogP contribution in [0.1, 0.15) is 32.6 Å². The van der Waals surface area contributed by atoms with E-state index in [-0.39, 0.29) is 5.91 Å². The second-order valence-electron chi connectivity index (χ2n) is 4.60. The lowest BCUT2D eigenvalue weighted by atomic mass is 10.2. The Morgan fingerprint density at radius 1 is 1.53 bits per heavy atom. The number of hydrogen-bond acceptors (Lipinski definition) is 3. The maximum absolute atomic E-state index is 11.8. The number of nitrogens with one attached hydrogen (secondary N) is 1. The Labute approximate surface area is 107 Å². The molecule has 2 aliphatic rings. The standard InChI is InChI=1S/C12H21N3OS/c1-2-10-5-8-17-12(14-10)13-9-11(16)15-6-3-4-7-15/h10H,2-9H2,1H3,(H,13,14). The Kier molecular flexibility index (Phi) is 4.71. The van der Waals surface area contributed by atoms with Crippen LogP contribution in [0.4, 0.5) is 0 Å². The summed E-state index contributed by atoms with van der Waals surface area (Å²) in [6.07, 6.45) is 4.61. The monoisotopic (exact) mass is 255 g/mol. The van der Waals surface area contributed by atoms with Crippen LogP contribution in [-0.4, -0.2) is 47.4 Å². The van der Waals surface area contributed by atoms with E-state index < -0.39 is 0 Å². The van der Waals surface area contributed by atoms with Gasteiger partial charge in [0.05, 0.1) is 0 Å². The third-order valence-corrected chi connectivity index (χ3v) is 4.30. The second kappa shape index (κ2) is 6.28. The smallest absolute Gasteiger partial charge is 0.244 e. The van der Waals surface area contributed by atoms with E-state index in [2.05, 4.69) is 17.2 Å². The van der Waals surface area contributed by atoms with Crippen molar-refractivity contribution in [3.05, 3.63) is 0 Å². The van der Waals surface area contributed by atoms with E-state index in [0.29, 0.717) is 12.6 Å². The Hall–Kier alpha value is -0.710. The van der Waals surface area contributed by atoms with E-state index >= 15 is 0 Å². The van der Waals surface area contributed by atoms with Gasteiger partial charge >= 0.3 is 0 Å². The van der Waals surface area contributed by atoms with Crippen molar-refractivity contribution in [2.75, 3.05) is 25.4 Å². The number of amidine groups is 1. The highest BCUT2D eigenvalue weighted by molar-refractivity contribution is 8.13. The summed E-state index contributed by atoms with van der Waals surface area (Å²) in [6, 6.07) is 0.539. The molecule has 0 aromatic carbocycles. The molecule has 1 unspecified atom stereocenters. The maximum Gasteiger partial charge on any atom is 0.244 e. The van der Waals surface area contributed by atoms with Crippen LogP contribution in [0.25, 0.3) is 0 Å². The zero-order chi connectivity index (χ0) is 12.1. The van der Waals surface area contributed by atoms with Crippen molar-refractivity contribution >= 4 is 22.8 Å². The summed E-state index contributed by atoms with van der Waals surface area (Å²) < 4.78 is 0. The lowest BCUT2D eigenvalue weighted by molar-refractivity contribution is -0.128. The first kappa shape index (κ1) is 12.7. The number of rotatable bonds is 3. The summed E-state index contributed by atoms with van der Waals surface area (Å²) >= 11 is 1.73. The normalized spacial score (nSPS) is 27.2. The Bertz CT molecular complexity index is 300. The van der Waals surface area contributed by atoms with E-state index in [4.69, 9.17) is 0 Å². The molecular weight excluding hydrogens is 234 g/mol. The SMILES string of the molecule is CCC1CCSC(=NCC(=O)N2CCCC2)N1. The molecule has 0 aromatic rings. The molecule has 2 rings (SSSR count). The third-order valence-electron chi connectivity index (χ3n) is 3.34. The zero-order valence-corrected chi connectivity index (χ0v) is 11.3. The van der Waals surface area contributed by atoms with E-state index in [9.17, 15) is 4.79 Å². The van der Waals surface area contributed by atoms with Crippen LogP contribution in [0.5, 0.6) is 0 Å². The van der Waals surface area contributed by atoms with Gasteiger partial charge in [0.2, 0.25) is 5.91 Å². The van der Waals surface area contributed by atoms with Crippen LogP contribution in [-0.2, 0) is 4.79 Å². The van der Waals surface area contributed by atoms with Crippen LogP contribution in [0.3, 0.4) is 0 Å². The minimum Gasteiger partial charge on any atom is -0.362 e. The predicted octanol–water partition coefficient (Wildman–Crippen LogP) is 1.47. The maximum atomic E-state index is 11.8. The van der Waals surface area contributed by atoms with Gasteiger partial charge in [0, 0.05) is 24.9 Å². The molecule has 0 spiro atoms. The average molecular weight is 255 g/mol. The molecule has 2 aliphatic heterocycles. The van der Waals surface area contributed by atoms with Gasteiger partial charge in [0.15, 0.2) is 5.17 Å². The van der Waals surface area contributed by atoms with Crippen molar-refractivity contribution in [2.45, 2.75) is 38.6 Å². The largest absolute Gasteiger partial charge is 0.362 e. The first-order valence-corrected chi connectivity index (χ1v) is 7.49. The summed E-state index contributed by atoms with van der Waals surface area (Å²) in [6.45, 7) is 4.33. The van der Waals surface area contributed by atoms with Crippen molar-refractivity contribution in [3.8, 4) is 0 Å². The van der Waals surface area contributed by atoms with Gasteiger partial charge in [-0.15, -0.1) is 0 Å². The van der Waals surface area contributed by atoms with Crippen molar-refractivity contribution in [1.29, 1.82) is 0 Å². The highest BCUT2D eigenvalue weighted by atomic mass is 32.2. The van der Waals surface area contributed by atoms with Crippen LogP contribution >= 0.6 is 11.8 Å². The fraction of sp³-hybridized carbons (Fsp3) is 0.833. The van der Waals surface area contributed by atoms with Gasteiger partial charge in [-0.3, -0.25) is 9.79 Å². The molecule has 96 valence electrons. The van der Waals surface area contributed by atoms with Gasteiger partial charge in [-0.25, -0.2) is 0 Å². The Morgan fingerprint density at radius 2 is 2.29 bits per heavy atom. The van der Waals surface area contributed by atoms with Crippen LogP contribution in [0.15, 0.2) is 4.99 Å². The molecule has 1 atom stereocenters. The third kappa shape index (κ3) is 3.63. The van der Waals surface area contributed by atoms with Gasteiger partial charge in [-0.1, -0.05) is 18.7 Å². The summed E-state index contributed by atoms with van der Waals surface area (Å²) in [5.74, 6) is 1.29. The average Bonchev–Trinajstić information content (AvgIpc) is 2.90. The van der Waals surface area contributed by atoms with Crippen LogP contribution in [0, 0.1) is 0 Å². The van der Waals surface area contributed by atoms with Gasteiger partial charge in [-0.2, -0.15) is 0 Å². The van der Waals surface area contributed by atoms with Crippen molar-refractivity contribution in [2.24, 2.45) is 4.99 Å². The van der Waals surface area contributed by atoms with Gasteiger partial charge in [-0.05, 0) is 25.7 Å². The number of aliphatic imine (C=N–C) groups is 1. The van der Waals surface area contributed by atoms with Gasteiger partial charge in [0.1, 0.15) is 6.54 Å². The molecule has 5 heteroatoms. The molecule has 1 amide bonds. The van der Waals surface area contributed by atoms with E-state index in [1.165, 1.54) is 6.42 Å². The van der Waals surface area contributed by atoms with E-state index in [1.807, 2.05) is 4.90 Å². The first-order chi connectivity index (χ1) is 8.29. The summed E-state index contributed by atoms with van der Waals surface area (Å²) in [5.41, 5.74) is 0. The lowest BCUT2D eigenvalue weighted by Gasteiger charge is -2.24. The second-order valence-corrected chi connectivity index (χ2v) is 5.68. The molecule has 0 aromatic heterocycles. The quantitative estimate of drug-likeness (QED) is 0.830. The molecule has 2 fully saturated rings. The molecule has 1 N–H and O–H groups in total. The molecule has 0 saturated carbocycles. The number of carbonyl (C=O) groups is 1. The number of carbonyl (C=O) groups excluding carboxylic acids is 1. The highest BCUT2D eigenvalue weighted by Crippen LogP contribution is 2.15. The van der Waals surface area contributed by atoms with Crippen LogP contribution < -0.4 is 5.32 Å². The molecule has 4 nitrogen and oxygen atoms in total. The number of likely N-dealkylation sites (tertiary alicyclic amines) is 1. The molecule has 17 heavy (non-hydrogen) atoms. The number of amides is 1. The molecular formula is C12H21N3OS. The number of thioether (sulfide) groups is 1. The summed E-state index contributed by atoms with van der Waals surface area (Å²) in [4.78, 5) is 18.1. The fourth-order valence-corrected chi connectivity index (χ4v) is 3.19. The molecule has 2 saturated heterocycles. The predicted molar refractivity (Wildman–Crippen MR) is 72.4 cm³/mol. The first-order valence-electron chi connectivity index (χ1n) is 6.51. The van der Waals surface area contributed by atoms with Gasteiger partial charge < -0.3 is 10.2 Å². The Morgan fingerprint density at radius 3 is 3.00 bits per heavy atom. The van der Waals surface area contributed by atoms with E-state index in [0.717, 1.165) is 43.3 Å². The zero-order valence-electron chi connectivity index (χ0n) is 10.4. The Balaban J connectivity index is 1.80. The lowest BCUT2D eigenvalue weighted by Crippen LogP contribution is -2.38. The molecule has 0 bridgehead atoms. The minimum atomic E-state index is 0.177. The highest BCUT2D eigenvalue weighted by Gasteiger charge is 2.19. The molecule has 0 radical (unpaired) electrons. The number of nitrogens with zero attached hydrogens (tertiary/aromatic N) is 2. The van der Waals surface area contributed by atoms with Crippen LogP contribution in [0.2, 0.25) is 0 Å². The van der Waals surface area contributed by atoms with E-state index in [1.54, 1.807) is 11.8 Å². The summed E-state index contributed by atoms with van der Waals surface area (Å²) in [7, 11) is 0. The molecule has 0 aliphatic carbocycles. The van der Waals surface area contributed by atoms with Crippen molar-refractivity contribution in [3.63, 3.8) is 0 Å².